The molecule has 0 radical (unpaired) electrons. The van der Waals surface area contributed by atoms with Crippen molar-refractivity contribution in [3.05, 3.63) is 40.9 Å². The summed E-state index contributed by atoms with van der Waals surface area (Å²) in [5.41, 5.74) is 1.20. The third-order valence-electron chi connectivity index (χ3n) is 3.14. The summed E-state index contributed by atoms with van der Waals surface area (Å²) in [6.45, 7) is 5.07. The molecule has 2 atom stereocenters. The summed E-state index contributed by atoms with van der Waals surface area (Å²) in [5, 5.41) is 7.67. The molecule has 0 spiro atoms. The molecule has 0 unspecified atom stereocenters. The van der Waals surface area contributed by atoms with Gasteiger partial charge in [-0.05, 0) is 31.5 Å². The quantitative estimate of drug-likeness (QED) is 0.879. The Hall–Kier alpha value is -1.40. The lowest BCUT2D eigenvalue weighted by Crippen LogP contribution is -2.33. The van der Waals surface area contributed by atoms with Crippen molar-refractivity contribution in [3.63, 3.8) is 0 Å². The highest BCUT2D eigenvalue weighted by Crippen LogP contribution is 2.27. The first kappa shape index (κ1) is 15.0. The van der Waals surface area contributed by atoms with Crippen LogP contribution in [0.15, 0.2) is 35.3 Å². The van der Waals surface area contributed by atoms with E-state index in [0.29, 0.717) is 6.04 Å². The van der Waals surface area contributed by atoms with E-state index >= 15 is 0 Å². The van der Waals surface area contributed by atoms with Crippen LogP contribution in [-0.2, 0) is 6.54 Å². The molecule has 0 saturated heterocycles. The maximum atomic E-state index is 5.21. The van der Waals surface area contributed by atoms with Crippen molar-refractivity contribution in [2.75, 3.05) is 7.11 Å². The predicted molar refractivity (Wildman–Crippen MR) is 81.7 cm³/mol. The van der Waals surface area contributed by atoms with Gasteiger partial charge in [-0.25, -0.2) is 4.98 Å². The molecule has 1 aromatic carbocycles. The number of nitrogens with one attached hydrogen (secondary N) is 1. The van der Waals surface area contributed by atoms with Crippen molar-refractivity contribution in [2.45, 2.75) is 32.5 Å². The highest BCUT2D eigenvalue weighted by atomic mass is 79.9. The number of hydrogen-bond donors (Lipinski definition) is 1. The van der Waals surface area contributed by atoms with Gasteiger partial charge in [0, 0.05) is 16.6 Å². The minimum absolute atomic E-state index is 0.230. The molecule has 0 bridgehead atoms. The second kappa shape index (κ2) is 6.85. The van der Waals surface area contributed by atoms with Gasteiger partial charge in [0.2, 0.25) is 0 Å². The minimum atomic E-state index is 0.230. The second-order valence-corrected chi connectivity index (χ2v) is 5.65. The van der Waals surface area contributed by atoms with Crippen LogP contribution in [0.1, 0.15) is 25.5 Å². The van der Waals surface area contributed by atoms with Crippen molar-refractivity contribution in [2.24, 2.45) is 0 Å². The van der Waals surface area contributed by atoms with Gasteiger partial charge < -0.3 is 10.1 Å². The van der Waals surface area contributed by atoms with E-state index in [-0.39, 0.29) is 6.04 Å². The van der Waals surface area contributed by atoms with Crippen LogP contribution >= 0.6 is 15.9 Å². The van der Waals surface area contributed by atoms with Gasteiger partial charge in [0.1, 0.15) is 18.4 Å². The number of hydrogen-bond acceptors (Lipinski definition) is 4. The first-order chi connectivity index (χ1) is 9.60. The number of benzene rings is 1. The molecule has 1 aromatic heterocycles. The van der Waals surface area contributed by atoms with Gasteiger partial charge in [-0.2, -0.15) is 5.10 Å². The number of aromatic nitrogens is 3. The molecule has 108 valence electrons. The third kappa shape index (κ3) is 3.80. The van der Waals surface area contributed by atoms with E-state index in [4.69, 9.17) is 4.74 Å². The van der Waals surface area contributed by atoms with Gasteiger partial charge in [-0.15, -0.1) is 0 Å². The van der Waals surface area contributed by atoms with Gasteiger partial charge in [-0.3, -0.25) is 4.68 Å². The molecule has 1 heterocycles. The molecular formula is C14H19BrN4O. The monoisotopic (exact) mass is 338 g/mol. The topological polar surface area (TPSA) is 52.0 Å². The Morgan fingerprint density at radius 1 is 1.40 bits per heavy atom. The van der Waals surface area contributed by atoms with Crippen LogP contribution in [-0.4, -0.2) is 27.9 Å². The Balaban J connectivity index is 1.98. The molecule has 0 amide bonds. The van der Waals surface area contributed by atoms with Crippen molar-refractivity contribution in [1.29, 1.82) is 0 Å². The van der Waals surface area contributed by atoms with Crippen molar-refractivity contribution in [1.82, 2.24) is 20.1 Å². The fourth-order valence-electron chi connectivity index (χ4n) is 2.16. The van der Waals surface area contributed by atoms with E-state index in [1.165, 1.54) is 5.56 Å². The average Bonchev–Trinajstić information content (AvgIpc) is 2.90. The molecule has 6 heteroatoms. The summed E-state index contributed by atoms with van der Waals surface area (Å²) in [6, 6.07) is 6.55. The zero-order valence-electron chi connectivity index (χ0n) is 11.9. The van der Waals surface area contributed by atoms with E-state index in [2.05, 4.69) is 51.2 Å². The van der Waals surface area contributed by atoms with Crippen LogP contribution < -0.4 is 10.1 Å². The maximum Gasteiger partial charge on any atom is 0.137 e. The fourth-order valence-corrected chi connectivity index (χ4v) is 2.86. The first-order valence-corrected chi connectivity index (χ1v) is 7.31. The van der Waals surface area contributed by atoms with Gasteiger partial charge in [-0.1, -0.05) is 22.0 Å². The van der Waals surface area contributed by atoms with E-state index in [1.54, 1.807) is 19.8 Å². The lowest BCUT2D eigenvalue weighted by Gasteiger charge is -2.21. The summed E-state index contributed by atoms with van der Waals surface area (Å²) >= 11 is 3.59. The Kier molecular flexibility index (Phi) is 5.14. The average molecular weight is 339 g/mol. The van der Waals surface area contributed by atoms with Crippen LogP contribution in [0.2, 0.25) is 0 Å². The molecule has 2 rings (SSSR count). The maximum absolute atomic E-state index is 5.21. The summed E-state index contributed by atoms with van der Waals surface area (Å²) in [4.78, 5) is 3.95. The number of methoxy groups -OCH3 is 1. The van der Waals surface area contributed by atoms with E-state index < -0.39 is 0 Å². The SMILES string of the molecule is COc1ccc([C@H](C)N[C@H](C)Cn2cncn2)c(Br)c1. The van der Waals surface area contributed by atoms with Crippen LogP contribution in [0, 0.1) is 0 Å². The van der Waals surface area contributed by atoms with Gasteiger partial charge in [0.25, 0.3) is 0 Å². The van der Waals surface area contributed by atoms with E-state index in [1.807, 2.05) is 16.8 Å². The standard InChI is InChI=1S/C14H19BrN4O/c1-10(7-19-9-16-8-17-19)18-11(2)13-5-4-12(20-3)6-14(13)15/h4-6,8-11,18H,7H2,1-3H3/t10-,11+/m1/s1. The molecule has 20 heavy (non-hydrogen) atoms. The number of nitrogens with zero attached hydrogens (tertiary/aromatic N) is 3. The van der Waals surface area contributed by atoms with Crippen molar-refractivity contribution < 1.29 is 4.74 Å². The molecular weight excluding hydrogens is 320 g/mol. The normalized spacial score (nSPS) is 14.0. The van der Waals surface area contributed by atoms with Crippen LogP contribution in [0.25, 0.3) is 0 Å². The smallest absolute Gasteiger partial charge is 0.137 e. The largest absolute Gasteiger partial charge is 0.497 e. The minimum Gasteiger partial charge on any atom is -0.497 e. The van der Waals surface area contributed by atoms with Crippen LogP contribution in [0.4, 0.5) is 0 Å². The molecule has 2 aromatic rings. The van der Waals surface area contributed by atoms with Crippen LogP contribution in [0.3, 0.4) is 0 Å². The molecule has 0 aliphatic rings. The van der Waals surface area contributed by atoms with E-state index in [0.717, 1.165) is 16.8 Å². The highest BCUT2D eigenvalue weighted by Gasteiger charge is 2.13. The molecule has 0 aliphatic heterocycles. The third-order valence-corrected chi connectivity index (χ3v) is 3.82. The zero-order valence-corrected chi connectivity index (χ0v) is 13.5. The lowest BCUT2D eigenvalue weighted by atomic mass is 10.1. The Labute approximate surface area is 127 Å². The van der Waals surface area contributed by atoms with Gasteiger partial charge in [0.15, 0.2) is 0 Å². The Morgan fingerprint density at radius 2 is 2.20 bits per heavy atom. The predicted octanol–water partition coefficient (Wildman–Crippen LogP) is 2.79. The number of halogens is 1. The van der Waals surface area contributed by atoms with Crippen molar-refractivity contribution in [3.8, 4) is 5.75 Å². The second-order valence-electron chi connectivity index (χ2n) is 4.79. The highest BCUT2D eigenvalue weighted by molar-refractivity contribution is 9.10. The Morgan fingerprint density at radius 3 is 2.80 bits per heavy atom. The summed E-state index contributed by atoms with van der Waals surface area (Å²) < 4.78 is 8.08. The van der Waals surface area contributed by atoms with Gasteiger partial charge in [0.05, 0.1) is 13.7 Å². The summed E-state index contributed by atoms with van der Waals surface area (Å²) in [6.07, 6.45) is 3.28. The molecule has 1 N–H and O–H groups in total. The van der Waals surface area contributed by atoms with Crippen LogP contribution in [0.5, 0.6) is 5.75 Å². The van der Waals surface area contributed by atoms with Crippen molar-refractivity contribution >= 4 is 15.9 Å². The fraction of sp³-hybridized carbons (Fsp3) is 0.429. The Bertz CT molecular complexity index is 544. The summed E-state index contributed by atoms with van der Waals surface area (Å²) in [5.74, 6) is 0.850. The number of ether oxygens (including phenoxy) is 1. The van der Waals surface area contributed by atoms with Gasteiger partial charge >= 0.3 is 0 Å². The number of rotatable bonds is 6. The summed E-state index contributed by atoms with van der Waals surface area (Å²) in [7, 11) is 1.67. The molecule has 0 aliphatic carbocycles. The zero-order chi connectivity index (χ0) is 14.5. The molecule has 0 fully saturated rings. The molecule has 0 saturated carbocycles. The first-order valence-electron chi connectivity index (χ1n) is 6.52. The van der Waals surface area contributed by atoms with E-state index in [9.17, 15) is 0 Å². The molecule has 5 nitrogen and oxygen atoms in total. The lowest BCUT2D eigenvalue weighted by molar-refractivity contribution is 0.407.